The molecular formula is C13H15N5OS. The summed E-state index contributed by atoms with van der Waals surface area (Å²) in [5.74, 6) is 0.602. The van der Waals surface area contributed by atoms with E-state index >= 15 is 0 Å². The molecule has 0 aliphatic carbocycles. The van der Waals surface area contributed by atoms with E-state index in [1.807, 2.05) is 12.1 Å². The first-order chi connectivity index (χ1) is 9.67. The van der Waals surface area contributed by atoms with Crippen LogP contribution in [0.3, 0.4) is 0 Å². The number of amides is 1. The van der Waals surface area contributed by atoms with Crippen LogP contribution in [0.2, 0.25) is 0 Å². The molecule has 1 rings (SSSR count). The zero-order chi connectivity index (χ0) is 14.8. The molecule has 1 amide bonds. The van der Waals surface area contributed by atoms with Crippen molar-refractivity contribution in [3.8, 4) is 12.1 Å². The van der Waals surface area contributed by atoms with E-state index in [0.717, 1.165) is 4.90 Å². The van der Waals surface area contributed by atoms with Crippen LogP contribution in [-0.4, -0.2) is 34.6 Å². The molecule has 0 unspecified atom stereocenters. The molecule has 0 radical (unpaired) electrons. The number of nitrogens with two attached hydrogens (primary N) is 1. The largest absolute Gasteiger partial charge is 0.384 e. The molecule has 104 valence electrons. The Morgan fingerprint density at radius 1 is 1.30 bits per heavy atom. The Hall–Kier alpha value is -2.25. The number of thioether (sulfide) groups is 1. The maximum atomic E-state index is 12.0. The van der Waals surface area contributed by atoms with E-state index in [1.54, 1.807) is 23.2 Å². The van der Waals surface area contributed by atoms with Crippen LogP contribution in [0, 0.1) is 22.7 Å². The maximum absolute atomic E-state index is 12.0. The molecule has 0 aromatic carbocycles. The average Bonchev–Trinajstić information content (AvgIpc) is 2.46. The summed E-state index contributed by atoms with van der Waals surface area (Å²) < 4.78 is 0. The number of pyridine rings is 1. The molecule has 1 heterocycles. The smallest absolute Gasteiger partial charge is 0.232 e. The van der Waals surface area contributed by atoms with E-state index in [0.29, 0.717) is 18.9 Å². The van der Waals surface area contributed by atoms with Crippen LogP contribution < -0.4 is 5.73 Å². The zero-order valence-corrected chi connectivity index (χ0v) is 11.8. The van der Waals surface area contributed by atoms with Crippen molar-refractivity contribution in [2.24, 2.45) is 0 Å². The van der Waals surface area contributed by atoms with E-state index in [9.17, 15) is 4.79 Å². The van der Waals surface area contributed by atoms with Crippen molar-refractivity contribution < 1.29 is 4.79 Å². The van der Waals surface area contributed by atoms with Crippen molar-refractivity contribution in [3.63, 3.8) is 0 Å². The highest BCUT2D eigenvalue weighted by molar-refractivity contribution is 8.00. The highest BCUT2D eigenvalue weighted by Crippen LogP contribution is 2.18. The third-order valence-electron chi connectivity index (χ3n) is 2.46. The van der Waals surface area contributed by atoms with Gasteiger partial charge in [0.15, 0.2) is 0 Å². The minimum atomic E-state index is -0.0858. The van der Waals surface area contributed by atoms with Gasteiger partial charge in [-0.2, -0.15) is 10.5 Å². The molecule has 2 N–H and O–H groups in total. The normalized spacial score (nSPS) is 9.50. The summed E-state index contributed by atoms with van der Waals surface area (Å²) in [7, 11) is 0. The number of anilines is 1. The molecule has 0 saturated carbocycles. The standard InChI is InChI=1S/C13H15N5OS/c14-5-1-7-18(8-2-6-15)13(19)10-20-11-3-4-12(16)17-9-11/h3-4,9H,1-2,7-8,10H2,(H2,16,17). The van der Waals surface area contributed by atoms with Gasteiger partial charge in [-0.15, -0.1) is 11.8 Å². The van der Waals surface area contributed by atoms with Crippen molar-refractivity contribution in [1.82, 2.24) is 9.88 Å². The van der Waals surface area contributed by atoms with Gasteiger partial charge in [0, 0.05) is 24.2 Å². The molecule has 0 aliphatic rings. The minimum absolute atomic E-state index is 0.0858. The second-order valence-corrected chi connectivity index (χ2v) is 4.95. The van der Waals surface area contributed by atoms with Crippen LogP contribution in [0.4, 0.5) is 5.82 Å². The van der Waals surface area contributed by atoms with E-state index in [2.05, 4.69) is 4.98 Å². The third-order valence-corrected chi connectivity index (χ3v) is 3.43. The van der Waals surface area contributed by atoms with Crippen LogP contribution in [0.15, 0.2) is 23.2 Å². The summed E-state index contributed by atoms with van der Waals surface area (Å²) in [6.45, 7) is 0.717. The Balaban J connectivity index is 2.50. The molecule has 1 aromatic heterocycles. The molecular weight excluding hydrogens is 274 g/mol. The lowest BCUT2D eigenvalue weighted by molar-refractivity contribution is -0.128. The number of nitriles is 2. The van der Waals surface area contributed by atoms with E-state index in [-0.39, 0.29) is 24.5 Å². The van der Waals surface area contributed by atoms with Crippen molar-refractivity contribution in [2.45, 2.75) is 17.7 Å². The molecule has 0 atom stereocenters. The van der Waals surface area contributed by atoms with E-state index in [1.165, 1.54) is 11.8 Å². The van der Waals surface area contributed by atoms with Crippen molar-refractivity contribution >= 4 is 23.5 Å². The first kappa shape index (κ1) is 15.8. The predicted molar refractivity (Wildman–Crippen MR) is 76.4 cm³/mol. The fraction of sp³-hybridized carbons (Fsp3) is 0.385. The molecule has 0 saturated heterocycles. The second-order valence-electron chi connectivity index (χ2n) is 3.90. The highest BCUT2D eigenvalue weighted by Gasteiger charge is 2.13. The monoisotopic (exact) mass is 289 g/mol. The number of rotatable bonds is 7. The first-order valence-corrected chi connectivity index (χ1v) is 7.02. The predicted octanol–water partition coefficient (Wildman–Crippen LogP) is 1.41. The van der Waals surface area contributed by atoms with Crippen LogP contribution in [-0.2, 0) is 4.79 Å². The van der Waals surface area contributed by atoms with Gasteiger partial charge in [-0.1, -0.05) is 0 Å². The zero-order valence-electron chi connectivity index (χ0n) is 11.0. The van der Waals surface area contributed by atoms with Crippen LogP contribution >= 0.6 is 11.8 Å². The van der Waals surface area contributed by atoms with Gasteiger partial charge in [-0.25, -0.2) is 4.98 Å². The van der Waals surface area contributed by atoms with Crippen molar-refractivity contribution in [3.05, 3.63) is 18.3 Å². The number of hydrogen-bond donors (Lipinski definition) is 1. The molecule has 7 heteroatoms. The summed E-state index contributed by atoms with van der Waals surface area (Å²) in [5, 5.41) is 17.2. The second kappa shape index (κ2) is 8.78. The van der Waals surface area contributed by atoms with Crippen LogP contribution in [0.1, 0.15) is 12.8 Å². The van der Waals surface area contributed by atoms with Gasteiger partial charge in [0.05, 0.1) is 30.7 Å². The van der Waals surface area contributed by atoms with Crippen molar-refractivity contribution in [2.75, 3.05) is 24.6 Å². The quantitative estimate of drug-likeness (QED) is 0.760. The number of carbonyl (C=O) groups excluding carboxylic acids is 1. The Kier molecular flexibility index (Phi) is 6.94. The minimum Gasteiger partial charge on any atom is -0.384 e. The molecule has 1 aromatic rings. The van der Waals surface area contributed by atoms with Gasteiger partial charge in [-0.05, 0) is 12.1 Å². The van der Waals surface area contributed by atoms with Gasteiger partial charge in [0.25, 0.3) is 0 Å². The Morgan fingerprint density at radius 2 is 1.95 bits per heavy atom. The number of carbonyl (C=O) groups is 1. The van der Waals surface area contributed by atoms with Gasteiger partial charge in [0.2, 0.25) is 5.91 Å². The fourth-order valence-electron chi connectivity index (χ4n) is 1.44. The SMILES string of the molecule is N#CCCN(CCC#N)C(=O)CSc1ccc(N)nc1. The lowest BCUT2D eigenvalue weighted by Gasteiger charge is -2.20. The van der Waals surface area contributed by atoms with Gasteiger partial charge in [0.1, 0.15) is 5.82 Å². The van der Waals surface area contributed by atoms with Crippen LogP contribution in [0.5, 0.6) is 0 Å². The molecule has 0 aliphatic heterocycles. The topological polar surface area (TPSA) is 107 Å². The number of aromatic nitrogens is 1. The summed E-state index contributed by atoms with van der Waals surface area (Å²) in [5.41, 5.74) is 5.48. The summed E-state index contributed by atoms with van der Waals surface area (Å²) in [6.07, 6.45) is 2.15. The van der Waals surface area contributed by atoms with Crippen LogP contribution in [0.25, 0.3) is 0 Å². The fourth-order valence-corrected chi connectivity index (χ4v) is 2.21. The number of nitrogen functional groups attached to an aromatic ring is 1. The first-order valence-electron chi connectivity index (χ1n) is 6.03. The summed E-state index contributed by atoms with van der Waals surface area (Å²) >= 11 is 1.36. The summed E-state index contributed by atoms with van der Waals surface area (Å²) in [6, 6.07) is 7.48. The Morgan fingerprint density at radius 3 is 2.45 bits per heavy atom. The number of hydrogen-bond acceptors (Lipinski definition) is 6. The Bertz CT molecular complexity index is 499. The van der Waals surface area contributed by atoms with E-state index < -0.39 is 0 Å². The van der Waals surface area contributed by atoms with Gasteiger partial charge in [-0.3, -0.25) is 4.79 Å². The number of nitrogens with zero attached hydrogens (tertiary/aromatic N) is 4. The van der Waals surface area contributed by atoms with E-state index in [4.69, 9.17) is 16.3 Å². The summed E-state index contributed by atoms with van der Waals surface area (Å²) in [4.78, 5) is 18.4. The van der Waals surface area contributed by atoms with Gasteiger partial charge >= 0.3 is 0 Å². The molecule has 0 fully saturated rings. The lowest BCUT2D eigenvalue weighted by atomic mass is 10.3. The maximum Gasteiger partial charge on any atom is 0.232 e. The average molecular weight is 289 g/mol. The molecule has 6 nitrogen and oxygen atoms in total. The third kappa shape index (κ3) is 5.59. The highest BCUT2D eigenvalue weighted by atomic mass is 32.2. The molecule has 0 bridgehead atoms. The molecule has 0 spiro atoms. The lowest BCUT2D eigenvalue weighted by Crippen LogP contribution is -2.34. The van der Waals surface area contributed by atoms with Gasteiger partial charge < -0.3 is 10.6 Å². The Labute approximate surface area is 122 Å². The van der Waals surface area contributed by atoms with Crippen molar-refractivity contribution in [1.29, 1.82) is 10.5 Å². The molecule has 20 heavy (non-hydrogen) atoms.